The van der Waals surface area contributed by atoms with Gasteiger partial charge in [-0.2, -0.15) is 0 Å². The van der Waals surface area contributed by atoms with Crippen LogP contribution in [0.4, 0.5) is 0 Å². The molecular formula is C36H50N4O4S. The number of aryl methyl sites for hydroxylation is 4. The van der Waals surface area contributed by atoms with E-state index in [-0.39, 0.29) is 18.5 Å². The zero-order valence-electron chi connectivity index (χ0n) is 27.8. The first kappa shape index (κ1) is 34.4. The van der Waals surface area contributed by atoms with Crippen molar-refractivity contribution in [3.63, 3.8) is 0 Å². The van der Waals surface area contributed by atoms with Crippen LogP contribution in [-0.2, 0) is 24.2 Å². The Morgan fingerprint density at radius 2 is 1.84 bits per heavy atom. The van der Waals surface area contributed by atoms with Crippen LogP contribution in [0.5, 0.6) is 0 Å². The summed E-state index contributed by atoms with van der Waals surface area (Å²) in [7, 11) is 0. The van der Waals surface area contributed by atoms with E-state index in [0.29, 0.717) is 24.7 Å². The molecule has 0 atom stereocenters. The lowest BCUT2D eigenvalue weighted by Crippen LogP contribution is -2.50. The zero-order chi connectivity index (χ0) is 32.5. The van der Waals surface area contributed by atoms with E-state index in [1.807, 2.05) is 51.1 Å². The summed E-state index contributed by atoms with van der Waals surface area (Å²) in [6.07, 6.45) is 6.85. The van der Waals surface area contributed by atoms with E-state index in [1.54, 1.807) is 16.2 Å². The number of aromatic nitrogens is 2. The molecule has 1 saturated heterocycles. The van der Waals surface area contributed by atoms with Crippen LogP contribution in [0.3, 0.4) is 0 Å². The van der Waals surface area contributed by atoms with Gasteiger partial charge in [-0.1, -0.05) is 57.0 Å². The Labute approximate surface area is 272 Å². The minimum absolute atomic E-state index is 0.109. The van der Waals surface area contributed by atoms with Gasteiger partial charge < -0.3 is 24.0 Å². The van der Waals surface area contributed by atoms with Crippen LogP contribution in [-0.4, -0.2) is 68.2 Å². The van der Waals surface area contributed by atoms with E-state index in [1.165, 1.54) is 24.1 Å². The van der Waals surface area contributed by atoms with Crippen molar-refractivity contribution in [3.05, 3.63) is 64.3 Å². The van der Waals surface area contributed by atoms with Gasteiger partial charge in [0.1, 0.15) is 12.2 Å². The average molecular weight is 635 g/mol. The third kappa shape index (κ3) is 8.44. The van der Waals surface area contributed by atoms with Crippen molar-refractivity contribution in [2.24, 2.45) is 0 Å². The standard InChI is InChI=1S/C34H44N4O4S.C2H6/c1-5-6-7-11-28-12-13-31(43-28)30-21-26(35-42-30)14-19-37-29(20-25-10-8-9-24(4)33(25)37)34(41)38(22-32(39)40)27-15-17-36(18-16-27)23(2)3;1-2/h8-10,12-13,20-21,23,27H,5-7,11,14-19,22H2,1-4H3,(H,39,40);1-2H3. The van der Waals surface area contributed by atoms with E-state index in [9.17, 15) is 14.7 Å². The van der Waals surface area contributed by atoms with Crippen molar-refractivity contribution >= 4 is 34.1 Å². The number of piperidine rings is 1. The van der Waals surface area contributed by atoms with Crippen molar-refractivity contribution in [1.29, 1.82) is 0 Å². The highest BCUT2D eigenvalue weighted by Crippen LogP contribution is 2.31. The number of carbonyl (C=O) groups excluding carboxylic acids is 1. The van der Waals surface area contributed by atoms with Crippen LogP contribution in [0.1, 0.15) is 93.3 Å². The molecule has 0 spiro atoms. The second-order valence-electron chi connectivity index (χ2n) is 12.0. The van der Waals surface area contributed by atoms with Gasteiger partial charge in [0.05, 0.1) is 16.1 Å². The SMILES string of the molecule is CC.CCCCCc1ccc(-c2cc(CCn3c(C(=O)N(CC(=O)O)C4CCN(C(C)C)CC4)cc4cccc(C)c43)no2)s1. The molecule has 1 aliphatic rings. The van der Waals surface area contributed by atoms with E-state index in [0.717, 1.165) is 65.1 Å². The van der Waals surface area contributed by atoms with E-state index < -0.39 is 5.97 Å². The third-order valence-corrected chi connectivity index (χ3v) is 9.82. The number of carboxylic acid groups (broad SMARTS) is 1. The summed E-state index contributed by atoms with van der Waals surface area (Å²) in [6.45, 7) is 14.5. The molecule has 1 amide bonds. The molecule has 3 aromatic heterocycles. The van der Waals surface area contributed by atoms with E-state index in [4.69, 9.17) is 4.52 Å². The number of thiophene rings is 1. The summed E-state index contributed by atoms with van der Waals surface area (Å²) in [5, 5.41) is 15.1. The number of benzene rings is 1. The fraction of sp³-hybridized carbons (Fsp3) is 0.528. The molecule has 0 aliphatic carbocycles. The summed E-state index contributed by atoms with van der Waals surface area (Å²) in [4.78, 5) is 32.5. The lowest BCUT2D eigenvalue weighted by molar-refractivity contribution is -0.138. The number of nitrogens with zero attached hydrogens (tertiary/aromatic N) is 4. The molecule has 45 heavy (non-hydrogen) atoms. The van der Waals surface area contributed by atoms with Gasteiger partial charge in [-0.05, 0) is 70.2 Å². The molecule has 0 bridgehead atoms. The minimum Gasteiger partial charge on any atom is -0.480 e. The summed E-state index contributed by atoms with van der Waals surface area (Å²) < 4.78 is 7.79. The fourth-order valence-corrected chi connectivity index (χ4v) is 7.26. The van der Waals surface area contributed by atoms with Crippen molar-refractivity contribution in [3.8, 4) is 10.6 Å². The molecule has 0 saturated carbocycles. The number of aliphatic carboxylic acids is 1. The number of unbranched alkanes of at least 4 members (excludes halogenated alkanes) is 2. The first-order valence-corrected chi connectivity index (χ1v) is 17.5. The molecule has 1 aromatic carbocycles. The first-order valence-electron chi connectivity index (χ1n) is 16.7. The number of fused-ring (bicyclic) bond motifs is 1. The molecule has 1 aliphatic heterocycles. The van der Waals surface area contributed by atoms with Crippen molar-refractivity contribution in [2.45, 2.75) is 105 Å². The number of hydrogen-bond donors (Lipinski definition) is 1. The molecule has 9 heteroatoms. The molecule has 1 N–H and O–H groups in total. The average Bonchev–Trinajstić information content (AvgIpc) is 3.79. The number of likely N-dealkylation sites (tertiary alicyclic amines) is 1. The smallest absolute Gasteiger partial charge is 0.323 e. The number of rotatable bonds is 13. The maximum absolute atomic E-state index is 14.2. The van der Waals surface area contributed by atoms with Crippen molar-refractivity contribution in [2.75, 3.05) is 19.6 Å². The summed E-state index contributed by atoms with van der Waals surface area (Å²) in [6, 6.07) is 14.6. The topological polar surface area (TPSA) is 91.8 Å². The number of carboxylic acids is 1. The third-order valence-electron chi connectivity index (χ3n) is 8.66. The number of amides is 1. The maximum atomic E-state index is 14.2. The lowest BCUT2D eigenvalue weighted by Gasteiger charge is -2.39. The van der Waals surface area contributed by atoms with Gasteiger partial charge >= 0.3 is 5.97 Å². The minimum atomic E-state index is -0.990. The van der Waals surface area contributed by atoms with Gasteiger partial charge in [0, 0.05) is 54.5 Å². The van der Waals surface area contributed by atoms with Crippen LogP contribution in [0.2, 0.25) is 0 Å². The normalized spacial score (nSPS) is 14.1. The van der Waals surface area contributed by atoms with Gasteiger partial charge in [-0.15, -0.1) is 11.3 Å². The Kier molecular flexibility index (Phi) is 12.4. The van der Waals surface area contributed by atoms with Crippen LogP contribution >= 0.6 is 11.3 Å². The summed E-state index contributed by atoms with van der Waals surface area (Å²) in [5.41, 5.74) is 3.42. The van der Waals surface area contributed by atoms with E-state index >= 15 is 0 Å². The molecule has 1 fully saturated rings. The first-order chi connectivity index (χ1) is 21.7. The van der Waals surface area contributed by atoms with Crippen molar-refractivity contribution < 1.29 is 19.2 Å². The Balaban J connectivity index is 0.00000226. The Morgan fingerprint density at radius 1 is 1.09 bits per heavy atom. The van der Waals surface area contributed by atoms with Crippen LogP contribution in [0.15, 0.2) is 47.0 Å². The Bertz CT molecular complexity index is 1540. The Hall–Kier alpha value is -3.43. The molecule has 4 heterocycles. The molecule has 244 valence electrons. The van der Waals surface area contributed by atoms with Crippen molar-refractivity contribution in [1.82, 2.24) is 19.5 Å². The van der Waals surface area contributed by atoms with Gasteiger partial charge in [-0.25, -0.2) is 0 Å². The number of para-hydroxylation sites is 1. The second kappa shape index (κ2) is 16.2. The number of carbonyl (C=O) groups is 2. The van der Waals surface area contributed by atoms with Gasteiger partial charge in [0.2, 0.25) is 0 Å². The predicted molar refractivity (Wildman–Crippen MR) is 183 cm³/mol. The van der Waals surface area contributed by atoms with Crippen LogP contribution < -0.4 is 0 Å². The summed E-state index contributed by atoms with van der Waals surface area (Å²) in [5.74, 6) is -0.446. The molecule has 8 nitrogen and oxygen atoms in total. The quantitative estimate of drug-likeness (QED) is 0.150. The summed E-state index contributed by atoms with van der Waals surface area (Å²) >= 11 is 1.76. The maximum Gasteiger partial charge on any atom is 0.323 e. The monoisotopic (exact) mass is 634 g/mol. The highest BCUT2D eigenvalue weighted by molar-refractivity contribution is 7.15. The van der Waals surface area contributed by atoms with Gasteiger partial charge in [0.15, 0.2) is 5.76 Å². The highest BCUT2D eigenvalue weighted by Gasteiger charge is 2.32. The van der Waals surface area contributed by atoms with Crippen LogP contribution in [0.25, 0.3) is 21.5 Å². The van der Waals surface area contributed by atoms with E-state index in [2.05, 4.69) is 47.5 Å². The van der Waals surface area contributed by atoms with Gasteiger partial charge in [0.25, 0.3) is 5.91 Å². The molecule has 5 rings (SSSR count). The molecule has 0 unspecified atom stereocenters. The lowest BCUT2D eigenvalue weighted by atomic mass is 10.0. The Morgan fingerprint density at radius 3 is 2.53 bits per heavy atom. The molecular weight excluding hydrogens is 584 g/mol. The molecule has 0 radical (unpaired) electrons. The molecule has 4 aromatic rings. The second-order valence-corrected chi connectivity index (χ2v) is 13.2. The largest absolute Gasteiger partial charge is 0.480 e. The van der Waals surface area contributed by atoms with Crippen LogP contribution in [0, 0.1) is 6.92 Å². The van der Waals surface area contributed by atoms with Gasteiger partial charge in [-0.3, -0.25) is 9.59 Å². The number of hydrogen-bond acceptors (Lipinski definition) is 6. The predicted octanol–water partition coefficient (Wildman–Crippen LogP) is 8.07. The fourth-order valence-electron chi connectivity index (χ4n) is 6.26. The highest BCUT2D eigenvalue weighted by atomic mass is 32.1. The zero-order valence-corrected chi connectivity index (χ0v) is 28.7.